The summed E-state index contributed by atoms with van der Waals surface area (Å²) in [6.45, 7) is 5.13. The molecule has 1 aromatic carbocycles. The zero-order valence-corrected chi connectivity index (χ0v) is 11.2. The smallest absolute Gasteiger partial charge is 0.196 e. The van der Waals surface area contributed by atoms with Crippen LogP contribution in [0.2, 0.25) is 0 Å². The molecule has 1 aliphatic rings. The number of anilines is 1. The fourth-order valence-electron chi connectivity index (χ4n) is 1.97. The minimum Gasteiger partial charge on any atom is -0.369 e. The van der Waals surface area contributed by atoms with E-state index in [4.69, 9.17) is 5.73 Å². The molecule has 16 heavy (non-hydrogen) atoms. The maximum Gasteiger partial charge on any atom is 0.196 e. The summed E-state index contributed by atoms with van der Waals surface area (Å²) in [5.41, 5.74) is 7.08. The number of rotatable bonds is 2. The molecule has 86 valence electrons. The number of aliphatic imine (C=N–C) groups is 1. The van der Waals surface area contributed by atoms with Crippen molar-refractivity contribution in [2.75, 3.05) is 11.4 Å². The van der Waals surface area contributed by atoms with Gasteiger partial charge in [-0.2, -0.15) is 0 Å². The van der Waals surface area contributed by atoms with Crippen LogP contribution in [0.15, 0.2) is 33.7 Å². The molecule has 0 bridgehead atoms. The van der Waals surface area contributed by atoms with Gasteiger partial charge in [0.15, 0.2) is 5.96 Å². The molecule has 3 nitrogen and oxygen atoms in total. The van der Waals surface area contributed by atoms with Crippen molar-refractivity contribution in [1.82, 2.24) is 0 Å². The molecule has 2 N–H and O–H groups in total. The zero-order valence-electron chi connectivity index (χ0n) is 9.57. The number of guanidine groups is 1. The highest BCUT2D eigenvalue weighted by Crippen LogP contribution is 2.31. The van der Waals surface area contributed by atoms with Gasteiger partial charge in [-0.15, -0.1) is 0 Å². The SMILES string of the molecule is CCC1(C)CN=C(N)N1c1ccc(Br)cc1. The summed E-state index contributed by atoms with van der Waals surface area (Å²) in [6.07, 6.45) is 1.02. The van der Waals surface area contributed by atoms with Crippen LogP contribution in [0.3, 0.4) is 0 Å². The minimum atomic E-state index is 0.0118. The van der Waals surface area contributed by atoms with Crippen molar-refractivity contribution in [3.8, 4) is 0 Å². The lowest BCUT2D eigenvalue weighted by molar-refractivity contribution is 0.486. The van der Waals surface area contributed by atoms with Gasteiger partial charge in [0.05, 0.1) is 12.1 Å². The maximum atomic E-state index is 5.96. The van der Waals surface area contributed by atoms with Gasteiger partial charge in [0, 0.05) is 10.2 Å². The van der Waals surface area contributed by atoms with Gasteiger partial charge in [-0.25, -0.2) is 0 Å². The van der Waals surface area contributed by atoms with Crippen LogP contribution in [0, 0.1) is 0 Å². The highest BCUT2D eigenvalue weighted by atomic mass is 79.9. The van der Waals surface area contributed by atoms with E-state index in [0.29, 0.717) is 5.96 Å². The number of hydrogen-bond donors (Lipinski definition) is 1. The van der Waals surface area contributed by atoms with Crippen LogP contribution in [-0.2, 0) is 0 Å². The summed E-state index contributed by atoms with van der Waals surface area (Å²) in [4.78, 5) is 6.47. The summed E-state index contributed by atoms with van der Waals surface area (Å²) < 4.78 is 1.07. The average molecular weight is 282 g/mol. The van der Waals surface area contributed by atoms with E-state index in [1.54, 1.807) is 0 Å². The Hall–Kier alpha value is -1.03. The predicted molar refractivity (Wildman–Crippen MR) is 71.8 cm³/mol. The number of benzene rings is 1. The van der Waals surface area contributed by atoms with Gasteiger partial charge >= 0.3 is 0 Å². The lowest BCUT2D eigenvalue weighted by Crippen LogP contribution is -2.49. The average Bonchev–Trinajstić information content (AvgIpc) is 2.58. The lowest BCUT2D eigenvalue weighted by Gasteiger charge is -2.35. The Morgan fingerprint density at radius 3 is 2.62 bits per heavy atom. The van der Waals surface area contributed by atoms with Gasteiger partial charge in [-0.05, 0) is 37.6 Å². The van der Waals surface area contributed by atoms with Crippen molar-refractivity contribution in [2.45, 2.75) is 25.8 Å². The Balaban J connectivity index is 2.38. The highest BCUT2D eigenvalue weighted by Gasteiger charge is 2.37. The summed E-state index contributed by atoms with van der Waals surface area (Å²) in [5, 5.41) is 0. The largest absolute Gasteiger partial charge is 0.369 e. The number of hydrogen-bond acceptors (Lipinski definition) is 3. The number of nitrogens with zero attached hydrogens (tertiary/aromatic N) is 2. The van der Waals surface area contributed by atoms with Crippen molar-refractivity contribution >= 4 is 27.6 Å². The van der Waals surface area contributed by atoms with Crippen molar-refractivity contribution in [1.29, 1.82) is 0 Å². The fourth-order valence-corrected chi connectivity index (χ4v) is 2.24. The topological polar surface area (TPSA) is 41.6 Å². The first kappa shape index (κ1) is 11.5. The molecule has 0 saturated heterocycles. The summed E-state index contributed by atoms with van der Waals surface area (Å²) in [6, 6.07) is 8.17. The molecular formula is C12H16BrN3. The first-order valence-electron chi connectivity index (χ1n) is 5.42. The monoisotopic (exact) mass is 281 g/mol. The van der Waals surface area contributed by atoms with E-state index in [-0.39, 0.29) is 5.54 Å². The second-order valence-electron chi connectivity index (χ2n) is 4.34. The molecule has 0 aromatic heterocycles. The maximum absolute atomic E-state index is 5.96. The summed E-state index contributed by atoms with van der Waals surface area (Å²) >= 11 is 3.43. The first-order valence-corrected chi connectivity index (χ1v) is 6.22. The van der Waals surface area contributed by atoms with E-state index in [0.717, 1.165) is 23.1 Å². The second-order valence-corrected chi connectivity index (χ2v) is 5.25. The van der Waals surface area contributed by atoms with Gasteiger partial charge in [-0.1, -0.05) is 22.9 Å². The number of nitrogens with two attached hydrogens (primary N) is 1. The Kier molecular flexibility index (Phi) is 2.93. The van der Waals surface area contributed by atoms with Crippen LogP contribution in [-0.4, -0.2) is 18.0 Å². The standard InChI is InChI=1S/C12H16BrN3/c1-3-12(2)8-15-11(14)16(12)10-6-4-9(13)5-7-10/h4-7H,3,8H2,1-2H3,(H2,14,15). The van der Waals surface area contributed by atoms with Gasteiger partial charge in [-0.3, -0.25) is 4.99 Å². The van der Waals surface area contributed by atoms with E-state index in [2.05, 4.69) is 51.8 Å². The molecule has 0 aliphatic carbocycles. The van der Waals surface area contributed by atoms with E-state index in [1.807, 2.05) is 12.1 Å². The van der Waals surface area contributed by atoms with E-state index in [9.17, 15) is 0 Å². The molecule has 2 rings (SSSR count). The van der Waals surface area contributed by atoms with Gasteiger partial charge in [0.25, 0.3) is 0 Å². The molecule has 0 radical (unpaired) electrons. The van der Waals surface area contributed by atoms with E-state index >= 15 is 0 Å². The number of halogens is 1. The van der Waals surface area contributed by atoms with Crippen LogP contribution in [0.5, 0.6) is 0 Å². The third kappa shape index (κ3) is 1.82. The van der Waals surface area contributed by atoms with Crippen LogP contribution in [0.1, 0.15) is 20.3 Å². The van der Waals surface area contributed by atoms with E-state index in [1.165, 1.54) is 0 Å². The molecule has 1 heterocycles. The molecular weight excluding hydrogens is 266 g/mol. The highest BCUT2D eigenvalue weighted by molar-refractivity contribution is 9.10. The van der Waals surface area contributed by atoms with E-state index < -0.39 is 0 Å². The van der Waals surface area contributed by atoms with Crippen molar-refractivity contribution in [2.24, 2.45) is 10.7 Å². The Labute approximate surface area is 104 Å². The molecule has 1 aliphatic heterocycles. The molecule has 4 heteroatoms. The van der Waals surface area contributed by atoms with Crippen molar-refractivity contribution < 1.29 is 0 Å². The summed E-state index contributed by atoms with van der Waals surface area (Å²) in [7, 11) is 0. The first-order chi connectivity index (χ1) is 7.57. The van der Waals surface area contributed by atoms with Gasteiger partial charge < -0.3 is 10.6 Å². The van der Waals surface area contributed by atoms with Crippen LogP contribution >= 0.6 is 15.9 Å². The third-order valence-electron chi connectivity index (χ3n) is 3.20. The molecule has 0 saturated carbocycles. The third-order valence-corrected chi connectivity index (χ3v) is 3.73. The van der Waals surface area contributed by atoms with Gasteiger partial charge in [0.1, 0.15) is 0 Å². The fraction of sp³-hybridized carbons (Fsp3) is 0.417. The van der Waals surface area contributed by atoms with Crippen molar-refractivity contribution in [3.63, 3.8) is 0 Å². The molecule has 0 spiro atoms. The zero-order chi connectivity index (χ0) is 11.8. The molecule has 0 fully saturated rings. The van der Waals surface area contributed by atoms with Crippen LogP contribution in [0.25, 0.3) is 0 Å². The molecule has 1 aromatic rings. The molecule has 1 unspecified atom stereocenters. The van der Waals surface area contributed by atoms with Crippen molar-refractivity contribution in [3.05, 3.63) is 28.7 Å². The lowest BCUT2D eigenvalue weighted by atomic mass is 9.97. The molecule has 0 amide bonds. The predicted octanol–water partition coefficient (Wildman–Crippen LogP) is 2.75. The Morgan fingerprint density at radius 2 is 2.06 bits per heavy atom. The second kappa shape index (κ2) is 4.09. The van der Waals surface area contributed by atoms with Crippen LogP contribution < -0.4 is 10.6 Å². The minimum absolute atomic E-state index is 0.0118. The summed E-state index contributed by atoms with van der Waals surface area (Å²) in [5.74, 6) is 0.617. The van der Waals surface area contributed by atoms with Gasteiger partial charge in [0.2, 0.25) is 0 Å². The normalized spacial score (nSPS) is 24.7. The Morgan fingerprint density at radius 1 is 1.44 bits per heavy atom. The van der Waals surface area contributed by atoms with Crippen LogP contribution in [0.4, 0.5) is 5.69 Å². The quantitative estimate of drug-likeness (QED) is 0.906. The molecule has 1 atom stereocenters. The Bertz CT molecular complexity index is 413.